The zero-order valence-electron chi connectivity index (χ0n) is 22.6. The minimum absolute atomic E-state index is 0.358. The molecule has 1 nitrogen and oxygen atoms in total. The summed E-state index contributed by atoms with van der Waals surface area (Å²) in [5.74, 6) is 0. The van der Waals surface area contributed by atoms with E-state index in [1.54, 1.807) is 0 Å². The SMILES string of the molecule is C/C=C\C=C/Cc1c2ccccc2c(-c2cccc3c(/C=C\C=C(/C)C4CC=N4)cccc23)c2ccccc12. The van der Waals surface area contributed by atoms with Gasteiger partial charge in [-0.3, -0.25) is 4.99 Å². The lowest BCUT2D eigenvalue weighted by molar-refractivity contribution is 0.759. The lowest BCUT2D eigenvalue weighted by atomic mass is 9.85. The fourth-order valence-corrected chi connectivity index (χ4v) is 5.73. The maximum Gasteiger partial charge on any atom is 0.0754 e. The van der Waals surface area contributed by atoms with Crippen LogP contribution in [0.1, 0.15) is 31.4 Å². The van der Waals surface area contributed by atoms with E-state index in [1.165, 1.54) is 60.1 Å². The summed E-state index contributed by atoms with van der Waals surface area (Å²) >= 11 is 0. The van der Waals surface area contributed by atoms with Crippen molar-refractivity contribution in [2.45, 2.75) is 32.7 Å². The zero-order chi connectivity index (χ0) is 26.6. The van der Waals surface area contributed by atoms with Crippen LogP contribution in [0.3, 0.4) is 0 Å². The van der Waals surface area contributed by atoms with Gasteiger partial charge in [-0.15, -0.1) is 0 Å². The molecule has 1 unspecified atom stereocenters. The van der Waals surface area contributed by atoms with Crippen LogP contribution in [0.15, 0.2) is 132 Å². The first kappa shape index (κ1) is 24.8. The molecule has 39 heavy (non-hydrogen) atoms. The molecular weight excluding hydrogens is 470 g/mol. The number of hydrogen-bond acceptors (Lipinski definition) is 1. The molecule has 0 saturated carbocycles. The summed E-state index contributed by atoms with van der Waals surface area (Å²) in [5, 5.41) is 7.80. The predicted molar refractivity (Wildman–Crippen MR) is 172 cm³/mol. The summed E-state index contributed by atoms with van der Waals surface area (Å²) in [6.45, 7) is 4.22. The van der Waals surface area contributed by atoms with Gasteiger partial charge in [-0.2, -0.15) is 0 Å². The van der Waals surface area contributed by atoms with Crippen molar-refractivity contribution in [1.29, 1.82) is 0 Å². The summed E-state index contributed by atoms with van der Waals surface area (Å²) in [5.41, 5.74) is 6.52. The molecule has 0 aliphatic carbocycles. The quantitative estimate of drug-likeness (QED) is 0.155. The normalized spacial score (nSPS) is 15.9. The molecule has 0 fully saturated rings. The van der Waals surface area contributed by atoms with E-state index in [0.29, 0.717) is 6.04 Å². The number of benzene rings is 5. The van der Waals surface area contributed by atoms with Gasteiger partial charge in [0.2, 0.25) is 0 Å². The third-order valence-corrected chi connectivity index (χ3v) is 7.80. The van der Waals surface area contributed by atoms with Gasteiger partial charge in [0.25, 0.3) is 0 Å². The van der Waals surface area contributed by atoms with Crippen LogP contribution in [0.2, 0.25) is 0 Å². The lowest BCUT2D eigenvalue weighted by Gasteiger charge is -2.18. The highest BCUT2D eigenvalue weighted by Crippen LogP contribution is 2.42. The molecule has 0 radical (unpaired) electrons. The largest absolute Gasteiger partial charge is 0.289 e. The van der Waals surface area contributed by atoms with Crippen molar-refractivity contribution in [1.82, 2.24) is 0 Å². The maximum atomic E-state index is 4.44. The number of hydrogen-bond donors (Lipinski definition) is 0. The molecule has 6 rings (SSSR count). The standard InChI is InChI=1S/C38H33N/c1-3-4-5-6-17-31-32-18-7-9-20-34(32)38(35-21-10-8-19-33(31)35)36-24-13-22-29-28(16-12-23-30(29)36)15-11-14-27(2)37-25-26-39-37/h3-16,18-24,26,37H,17,25H2,1-2H3/b4-3-,6-5-,15-11-,27-14+. The Balaban J connectivity index is 1.54. The van der Waals surface area contributed by atoms with Crippen molar-refractivity contribution < 1.29 is 0 Å². The molecule has 1 aliphatic heterocycles. The molecule has 0 spiro atoms. The van der Waals surface area contributed by atoms with Crippen molar-refractivity contribution >= 4 is 44.6 Å². The summed E-state index contributed by atoms with van der Waals surface area (Å²) in [6, 6.07) is 31.6. The van der Waals surface area contributed by atoms with Gasteiger partial charge in [-0.1, -0.05) is 127 Å². The highest BCUT2D eigenvalue weighted by atomic mass is 14.8. The molecule has 0 amide bonds. The van der Waals surface area contributed by atoms with Crippen LogP contribution < -0.4 is 0 Å². The monoisotopic (exact) mass is 503 g/mol. The Labute approximate surface area is 231 Å². The van der Waals surface area contributed by atoms with E-state index in [4.69, 9.17) is 0 Å². The predicted octanol–water partition coefficient (Wildman–Crippen LogP) is 10.3. The first-order chi connectivity index (χ1) is 19.3. The van der Waals surface area contributed by atoms with E-state index in [2.05, 4.69) is 146 Å². The Morgan fingerprint density at radius 2 is 1.38 bits per heavy atom. The van der Waals surface area contributed by atoms with Gasteiger partial charge in [0.1, 0.15) is 0 Å². The number of fused-ring (bicyclic) bond motifs is 3. The highest BCUT2D eigenvalue weighted by molar-refractivity contribution is 6.19. The molecule has 1 heterocycles. The Kier molecular flexibility index (Phi) is 7.06. The zero-order valence-corrected chi connectivity index (χ0v) is 22.6. The second kappa shape index (κ2) is 11.1. The Bertz CT molecular complexity index is 1770. The van der Waals surface area contributed by atoms with Crippen LogP contribution in [-0.2, 0) is 6.42 Å². The summed E-state index contributed by atoms with van der Waals surface area (Å²) in [7, 11) is 0. The first-order valence-electron chi connectivity index (χ1n) is 13.8. The van der Waals surface area contributed by atoms with E-state index in [0.717, 1.165) is 12.8 Å². The molecular formula is C38H33N. The lowest BCUT2D eigenvalue weighted by Crippen LogP contribution is -2.15. The minimum atomic E-state index is 0.358. The number of rotatable bonds is 7. The molecule has 0 bridgehead atoms. The molecule has 190 valence electrons. The second-order valence-electron chi connectivity index (χ2n) is 10.2. The molecule has 5 aromatic rings. The van der Waals surface area contributed by atoms with Gasteiger partial charge in [0, 0.05) is 12.6 Å². The van der Waals surface area contributed by atoms with Crippen molar-refractivity contribution in [2.24, 2.45) is 4.99 Å². The van der Waals surface area contributed by atoms with Crippen molar-refractivity contribution in [3.63, 3.8) is 0 Å². The molecule has 1 heteroatoms. The Morgan fingerprint density at radius 1 is 0.744 bits per heavy atom. The number of nitrogens with zero attached hydrogens (tertiary/aromatic N) is 1. The Hall–Kier alpha value is -4.49. The molecule has 1 atom stereocenters. The van der Waals surface area contributed by atoms with E-state index in [9.17, 15) is 0 Å². The first-order valence-corrected chi connectivity index (χ1v) is 13.8. The van der Waals surface area contributed by atoms with Crippen molar-refractivity contribution in [2.75, 3.05) is 0 Å². The molecule has 0 aromatic heterocycles. The number of allylic oxidation sites excluding steroid dienone is 6. The van der Waals surface area contributed by atoms with E-state index in [1.807, 2.05) is 6.21 Å². The van der Waals surface area contributed by atoms with Crippen LogP contribution in [0.4, 0.5) is 0 Å². The van der Waals surface area contributed by atoms with Crippen LogP contribution in [0.25, 0.3) is 49.5 Å². The number of aliphatic imine (C=N–C) groups is 1. The minimum Gasteiger partial charge on any atom is -0.289 e. The molecule has 0 saturated heterocycles. The average molecular weight is 504 g/mol. The van der Waals surface area contributed by atoms with E-state index >= 15 is 0 Å². The topological polar surface area (TPSA) is 12.4 Å². The molecule has 5 aromatic carbocycles. The summed E-state index contributed by atoms with van der Waals surface area (Å²) in [6.07, 6.45) is 19.1. The third kappa shape index (κ3) is 4.77. The van der Waals surface area contributed by atoms with Gasteiger partial charge in [0.05, 0.1) is 6.04 Å². The fraction of sp³-hybridized carbons (Fsp3) is 0.132. The van der Waals surface area contributed by atoms with Crippen molar-refractivity contribution in [3.8, 4) is 11.1 Å². The summed E-state index contributed by atoms with van der Waals surface area (Å²) < 4.78 is 0. The van der Waals surface area contributed by atoms with Gasteiger partial charge in [0.15, 0.2) is 0 Å². The fourth-order valence-electron chi connectivity index (χ4n) is 5.73. The van der Waals surface area contributed by atoms with E-state index in [-0.39, 0.29) is 0 Å². The molecule has 0 N–H and O–H groups in total. The Morgan fingerprint density at radius 3 is 2.05 bits per heavy atom. The van der Waals surface area contributed by atoms with Gasteiger partial charge >= 0.3 is 0 Å². The second-order valence-corrected chi connectivity index (χ2v) is 10.2. The third-order valence-electron chi connectivity index (χ3n) is 7.80. The van der Waals surface area contributed by atoms with Gasteiger partial charge in [-0.25, -0.2) is 0 Å². The maximum absolute atomic E-state index is 4.44. The van der Waals surface area contributed by atoms with Crippen LogP contribution in [-0.4, -0.2) is 12.3 Å². The molecule has 1 aliphatic rings. The average Bonchev–Trinajstić information content (AvgIpc) is 2.94. The highest BCUT2D eigenvalue weighted by Gasteiger charge is 2.16. The van der Waals surface area contributed by atoms with E-state index < -0.39 is 0 Å². The van der Waals surface area contributed by atoms with Crippen molar-refractivity contribution in [3.05, 3.63) is 138 Å². The summed E-state index contributed by atoms with van der Waals surface area (Å²) in [4.78, 5) is 4.44. The van der Waals surface area contributed by atoms with Crippen LogP contribution >= 0.6 is 0 Å². The van der Waals surface area contributed by atoms with Crippen LogP contribution in [0.5, 0.6) is 0 Å². The van der Waals surface area contributed by atoms with Gasteiger partial charge in [-0.05, 0) is 80.4 Å². The van der Waals surface area contributed by atoms with Crippen LogP contribution in [0, 0.1) is 0 Å². The van der Waals surface area contributed by atoms with Gasteiger partial charge < -0.3 is 0 Å². The smallest absolute Gasteiger partial charge is 0.0754 e.